The lowest BCUT2D eigenvalue weighted by Gasteiger charge is -2.37. The van der Waals surface area contributed by atoms with Crippen LogP contribution in [0.5, 0.6) is 0 Å². The Morgan fingerprint density at radius 2 is 1.73 bits per heavy atom. The quantitative estimate of drug-likeness (QED) is 0.543. The molecule has 3 aromatic carbocycles. The second kappa shape index (κ2) is 7.33. The van der Waals surface area contributed by atoms with Gasteiger partial charge in [0.05, 0.1) is 10.9 Å². The van der Waals surface area contributed by atoms with Gasteiger partial charge in [-0.25, -0.2) is 8.42 Å². The minimum atomic E-state index is -3.65. The van der Waals surface area contributed by atoms with Crippen molar-refractivity contribution >= 4 is 21.4 Å². The zero-order valence-electron chi connectivity index (χ0n) is 16.7. The van der Waals surface area contributed by atoms with E-state index in [9.17, 15) is 8.42 Å². The average Bonchev–Trinajstić information content (AvgIpc) is 3.24. The topological polar surface area (TPSA) is 58.2 Å². The number of fused-ring (bicyclic) bond motifs is 3. The molecule has 3 atom stereocenters. The van der Waals surface area contributed by atoms with Crippen LogP contribution in [0.3, 0.4) is 0 Å². The molecule has 0 spiro atoms. The smallest absolute Gasteiger partial charge is 0.261 e. The second-order valence-electron chi connectivity index (χ2n) is 8.11. The molecule has 3 aromatic rings. The van der Waals surface area contributed by atoms with Crippen molar-refractivity contribution in [1.29, 1.82) is 0 Å². The van der Waals surface area contributed by atoms with Crippen LogP contribution in [0.15, 0.2) is 89.8 Å². The second-order valence-corrected chi connectivity index (χ2v) is 9.79. The number of aryl methyl sites for hydroxylation is 1. The number of benzene rings is 3. The molecule has 1 heterocycles. The molecule has 152 valence electrons. The number of para-hydroxylation sites is 1. The fraction of sp³-hybridized carbons (Fsp3) is 0.200. The van der Waals surface area contributed by atoms with Crippen molar-refractivity contribution in [3.8, 4) is 0 Å². The lowest BCUT2D eigenvalue weighted by Crippen LogP contribution is -2.29. The van der Waals surface area contributed by atoms with E-state index in [0.29, 0.717) is 16.5 Å². The lowest BCUT2D eigenvalue weighted by atomic mass is 9.77. The molecule has 2 aliphatic rings. The normalized spacial score (nSPS) is 22.1. The predicted molar refractivity (Wildman–Crippen MR) is 121 cm³/mol. The monoisotopic (exact) mass is 416 g/mol. The van der Waals surface area contributed by atoms with Gasteiger partial charge in [-0.1, -0.05) is 60.2 Å². The van der Waals surface area contributed by atoms with E-state index in [1.165, 1.54) is 11.1 Å². The molecule has 5 rings (SSSR count). The van der Waals surface area contributed by atoms with Gasteiger partial charge in [-0.15, -0.1) is 0 Å². The minimum absolute atomic E-state index is 0.208. The molecule has 0 radical (unpaired) electrons. The molecule has 2 N–H and O–H groups in total. The van der Waals surface area contributed by atoms with Crippen LogP contribution in [-0.2, 0) is 10.0 Å². The van der Waals surface area contributed by atoms with Crippen LogP contribution in [0.2, 0.25) is 0 Å². The Labute approximate surface area is 177 Å². The molecule has 0 bridgehead atoms. The summed E-state index contributed by atoms with van der Waals surface area (Å²) in [5.41, 5.74) is 5.13. The van der Waals surface area contributed by atoms with Crippen molar-refractivity contribution in [1.82, 2.24) is 0 Å². The molecule has 0 aromatic heterocycles. The first-order valence-electron chi connectivity index (χ1n) is 10.2. The highest BCUT2D eigenvalue weighted by Crippen LogP contribution is 2.50. The summed E-state index contributed by atoms with van der Waals surface area (Å²) in [7, 11) is -3.65. The predicted octanol–water partition coefficient (Wildman–Crippen LogP) is 5.62. The van der Waals surface area contributed by atoms with Crippen molar-refractivity contribution in [2.45, 2.75) is 30.2 Å². The van der Waals surface area contributed by atoms with E-state index >= 15 is 0 Å². The van der Waals surface area contributed by atoms with E-state index < -0.39 is 10.0 Å². The Morgan fingerprint density at radius 1 is 0.967 bits per heavy atom. The summed E-state index contributed by atoms with van der Waals surface area (Å²) >= 11 is 0. The highest BCUT2D eigenvalue weighted by atomic mass is 32.2. The van der Waals surface area contributed by atoms with E-state index in [2.05, 4.69) is 53.4 Å². The average molecular weight is 417 g/mol. The van der Waals surface area contributed by atoms with E-state index in [4.69, 9.17) is 0 Å². The van der Waals surface area contributed by atoms with E-state index in [0.717, 1.165) is 17.7 Å². The number of allylic oxidation sites excluding steroid dienone is 2. The summed E-state index contributed by atoms with van der Waals surface area (Å²) in [6.45, 7) is 2.10. The van der Waals surface area contributed by atoms with Gasteiger partial charge >= 0.3 is 0 Å². The van der Waals surface area contributed by atoms with Crippen LogP contribution in [0.4, 0.5) is 11.4 Å². The number of sulfonamides is 1. The van der Waals surface area contributed by atoms with Gasteiger partial charge in [0.15, 0.2) is 0 Å². The molecule has 5 heteroatoms. The van der Waals surface area contributed by atoms with Gasteiger partial charge in [-0.3, -0.25) is 4.72 Å². The first-order chi connectivity index (χ1) is 14.5. The molecule has 1 aliphatic heterocycles. The molecule has 0 unspecified atom stereocenters. The first kappa shape index (κ1) is 18.9. The van der Waals surface area contributed by atoms with Gasteiger partial charge in [0.2, 0.25) is 0 Å². The van der Waals surface area contributed by atoms with Crippen LogP contribution in [-0.4, -0.2) is 8.42 Å². The molecule has 4 nitrogen and oxygen atoms in total. The zero-order valence-corrected chi connectivity index (χ0v) is 17.6. The summed E-state index contributed by atoms with van der Waals surface area (Å²) in [6.07, 6.45) is 5.43. The summed E-state index contributed by atoms with van der Waals surface area (Å²) in [4.78, 5) is 0.291. The maximum absolute atomic E-state index is 12.9. The van der Waals surface area contributed by atoms with E-state index in [1.54, 1.807) is 18.2 Å². The van der Waals surface area contributed by atoms with Crippen molar-refractivity contribution in [2.24, 2.45) is 5.92 Å². The first-order valence-corrected chi connectivity index (χ1v) is 11.7. The van der Waals surface area contributed by atoms with Gasteiger partial charge in [0, 0.05) is 17.3 Å². The van der Waals surface area contributed by atoms with Gasteiger partial charge in [-0.05, 0) is 60.7 Å². The van der Waals surface area contributed by atoms with Gasteiger partial charge in [0.1, 0.15) is 0 Å². The third-order valence-electron chi connectivity index (χ3n) is 6.11. The number of rotatable bonds is 4. The lowest BCUT2D eigenvalue weighted by molar-refractivity contribution is 0.425. The maximum Gasteiger partial charge on any atom is 0.261 e. The van der Waals surface area contributed by atoms with Crippen LogP contribution in [0.1, 0.15) is 35.1 Å². The Hall–Kier alpha value is -3.05. The molecule has 0 saturated heterocycles. The molecule has 1 aliphatic carbocycles. The molecular weight excluding hydrogens is 392 g/mol. The molecular formula is C25H24N2O2S. The Bertz CT molecular complexity index is 1200. The van der Waals surface area contributed by atoms with Crippen LogP contribution < -0.4 is 10.0 Å². The summed E-state index contributed by atoms with van der Waals surface area (Å²) in [5.74, 6) is 0.583. The van der Waals surface area contributed by atoms with Crippen LogP contribution in [0, 0.1) is 12.8 Å². The zero-order chi connectivity index (χ0) is 20.7. The van der Waals surface area contributed by atoms with Crippen molar-refractivity contribution in [2.75, 3.05) is 10.0 Å². The largest absolute Gasteiger partial charge is 0.378 e. The number of nitrogens with one attached hydrogen (secondary N) is 2. The molecule has 0 fully saturated rings. The standard InChI is InChI=1S/C25H24N2O2S/c1-17-10-12-18(13-11-17)25-22-9-5-8-21(22)23-16-20(14-15-24(23)26-25)30(28,29)27-19-6-3-2-4-7-19/h2-8,10-16,21-22,25-27H,9H2,1H3/t21-,22+,25+/m0/s1. The van der Waals surface area contributed by atoms with Crippen LogP contribution >= 0.6 is 0 Å². The summed E-state index contributed by atoms with van der Waals surface area (Å²) < 4.78 is 28.6. The highest BCUT2D eigenvalue weighted by molar-refractivity contribution is 7.92. The van der Waals surface area contributed by atoms with Gasteiger partial charge in [-0.2, -0.15) is 0 Å². The van der Waals surface area contributed by atoms with Crippen molar-refractivity contribution < 1.29 is 8.42 Å². The fourth-order valence-corrected chi connectivity index (χ4v) is 5.66. The van der Waals surface area contributed by atoms with Crippen molar-refractivity contribution in [3.63, 3.8) is 0 Å². The third-order valence-corrected chi connectivity index (χ3v) is 7.49. The minimum Gasteiger partial charge on any atom is -0.378 e. The Balaban J connectivity index is 1.50. The number of hydrogen-bond donors (Lipinski definition) is 2. The van der Waals surface area contributed by atoms with Gasteiger partial charge in [0.25, 0.3) is 10.0 Å². The summed E-state index contributed by atoms with van der Waals surface area (Å²) in [6, 6.07) is 23.3. The number of anilines is 2. The maximum atomic E-state index is 12.9. The van der Waals surface area contributed by atoms with Crippen LogP contribution in [0.25, 0.3) is 0 Å². The van der Waals surface area contributed by atoms with Gasteiger partial charge < -0.3 is 5.32 Å². The van der Waals surface area contributed by atoms with E-state index in [-0.39, 0.29) is 12.0 Å². The molecule has 30 heavy (non-hydrogen) atoms. The molecule has 0 amide bonds. The SMILES string of the molecule is Cc1ccc([C@H]2Nc3ccc(S(=O)(=O)Nc4ccccc4)cc3[C@H]3C=CC[C@H]32)cc1. The Morgan fingerprint density at radius 3 is 2.50 bits per heavy atom. The third kappa shape index (κ3) is 3.39. The van der Waals surface area contributed by atoms with Crippen molar-refractivity contribution in [3.05, 3.63) is 102 Å². The number of hydrogen-bond acceptors (Lipinski definition) is 3. The van der Waals surface area contributed by atoms with E-state index in [1.807, 2.05) is 30.3 Å². The highest BCUT2D eigenvalue weighted by Gasteiger charge is 2.38. The Kier molecular flexibility index (Phi) is 4.63. The molecule has 0 saturated carbocycles. The summed E-state index contributed by atoms with van der Waals surface area (Å²) in [5, 5.41) is 3.68. The fourth-order valence-electron chi connectivity index (χ4n) is 4.56.